The Morgan fingerprint density at radius 3 is 2.31 bits per heavy atom. The standard InChI is InChI=1S/C15H13F4N5.CH5N/c1-7-3-4-10(8(2)5-7)24-12(20)11-9(6-16)21-14(15(17,18)19)22-13(11)23-24;1-2/h3-5H,6,20H2,1-2H3;2H2,1H3. The first-order valence-corrected chi connectivity index (χ1v) is 7.56. The number of hydrogen-bond acceptors (Lipinski definition) is 5. The lowest BCUT2D eigenvalue weighted by Crippen LogP contribution is -2.12. The van der Waals surface area contributed by atoms with Crippen molar-refractivity contribution in [3.05, 3.63) is 40.8 Å². The summed E-state index contributed by atoms with van der Waals surface area (Å²) in [6, 6.07) is 5.43. The summed E-state index contributed by atoms with van der Waals surface area (Å²) in [5, 5.41) is 4.02. The molecule has 0 aliphatic rings. The van der Waals surface area contributed by atoms with Gasteiger partial charge in [0.1, 0.15) is 12.5 Å². The first-order chi connectivity index (χ1) is 12.2. The molecule has 140 valence electrons. The molecule has 0 amide bonds. The number of halogens is 4. The zero-order valence-corrected chi connectivity index (χ0v) is 14.4. The summed E-state index contributed by atoms with van der Waals surface area (Å²) in [7, 11) is 1.50. The third kappa shape index (κ3) is 3.45. The fourth-order valence-electron chi connectivity index (χ4n) is 2.53. The lowest BCUT2D eigenvalue weighted by molar-refractivity contribution is -0.144. The predicted octanol–water partition coefficient (Wildman–Crippen LogP) is 3.08. The number of alkyl halides is 4. The molecule has 0 saturated carbocycles. The van der Waals surface area contributed by atoms with Gasteiger partial charge in [0.05, 0.1) is 16.8 Å². The summed E-state index contributed by atoms with van der Waals surface area (Å²) in [6.45, 7) is 2.52. The summed E-state index contributed by atoms with van der Waals surface area (Å²) in [5.41, 5.74) is 12.2. The van der Waals surface area contributed by atoms with E-state index in [0.29, 0.717) is 5.69 Å². The number of nitrogen functional groups attached to an aromatic ring is 1. The Kier molecular flexibility index (Phi) is 5.45. The zero-order valence-electron chi connectivity index (χ0n) is 14.4. The molecule has 1 aromatic carbocycles. The van der Waals surface area contributed by atoms with Gasteiger partial charge in [0.2, 0.25) is 5.82 Å². The number of nitrogens with two attached hydrogens (primary N) is 2. The number of rotatable bonds is 2. The van der Waals surface area contributed by atoms with Crippen LogP contribution in [-0.4, -0.2) is 26.8 Å². The summed E-state index contributed by atoms with van der Waals surface area (Å²) >= 11 is 0. The molecule has 0 unspecified atom stereocenters. The van der Waals surface area contributed by atoms with E-state index in [0.717, 1.165) is 11.1 Å². The molecule has 0 fully saturated rings. The molecular formula is C16H18F4N6. The normalized spacial score (nSPS) is 11.4. The SMILES string of the molecule is CN.Cc1ccc(-n2nc3nc(C(F)(F)F)nc(CF)c3c2N)c(C)c1. The molecule has 3 rings (SSSR count). The number of hydrogen-bond donors (Lipinski definition) is 2. The lowest BCUT2D eigenvalue weighted by Gasteiger charge is -2.08. The van der Waals surface area contributed by atoms with Gasteiger partial charge in [-0.3, -0.25) is 0 Å². The Balaban J connectivity index is 0.00000117. The van der Waals surface area contributed by atoms with Crippen LogP contribution < -0.4 is 11.5 Å². The van der Waals surface area contributed by atoms with E-state index in [1.54, 1.807) is 6.07 Å². The Morgan fingerprint density at radius 2 is 1.77 bits per heavy atom. The second-order valence-electron chi connectivity index (χ2n) is 5.41. The predicted molar refractivity (Wildman–Crippen MR) is 90.5 cm³/mol. The van der Waals surface area contributed by atoms with Crippen LogP contribution in [0.25, 0.3) is 16.7 Å². The van der Waals surface area contributed by atoms with Crippen LogP contribution in [0.15, 0.2) is 18.2 Å². The summed E-state index contributed by atoms with van der Waals surface area (Å²) in [6.07, 6.45) is -4.80. The van der Waals surface area contributed by atoms with Crippen LogP contribution in [0.3, 0.4) is 0 Å². The van der Waals surface area contributed by atoms with Gasteiger partial charge in [0.15, 0.2) is 5.65 Å². The minimum Gasteiger partial charge on any atom is -0.383 e. The van der Waals surface area contributed by atoms with Crippen molar-refractivity contribution in [2.45, 2.75) is 26.7 Å². The highest BCUT2D eigenvalue weighted by Crippen LogP contribution is 2.32. The van der Waals surface area contributed by atoms with Crippen LogP contribution >= 0.6 is 0 Å². The lowest BCUT2D eigenvalue weighted by atomic mass is 10.1. The van der Waals surface area contributed by atoms with E-state index in [9.17, 15) is 17.6 Å². The van der Waals surface area contributed by atoms with E-state index >= 15 is 0 Å². The first-order valence-electron chi connectivity index (χ1n) is 7.56. The molecule has 0 aliphatic carbocycles. The fourth-order valence-corrected chi connectivity index (χ4v) is 2.53. The first kappa shape index (κ1) is 19.6. The molecule has 0 radical (unpaired) electrons. The van der Waals surface area contributed by atoms with E-state index in [1.165, 1.54) is 11.7 Å². The van der Waals surface area contributed by atoms with Crippen molar-refractivity contribution in [3.63, 3.8) is 0 Å². The summed E-state index contributed by atoms with van der Waals surface area (Å²) in [4.78, 5) is 6.65. The van der Waals surface area contributed by atoms with Gasteiger partial charge in [-0.1, -0.05) is 17.7 Å². The van der Waals surface area contributed by atoms with Crippen LogP contribution in [0.5, 0.6) is 0 Å². The van der Waals surface area contributed by atoms with Crippen LogP contribution in [0.2, 0.25) is 0 Å². The van der Waals surface area contributed by atoms with E-state index in [4.69, 9.17) is 5.73 Å². The minimum absolute atomic E-state index is 0.00155. The molecule has 26 heavy (non-hydrogen) atoms. The Morgan fingerprint density at radius 1 is 1.12 bits per heavy atom. The van der Waals surface area contributed by atoms with Crippen LogP contribution in [0.1, 0.15) is 22.6 Å². The van der Waals surface area contributed by atoms with Gasteiger partial charge in [-0.2, -0.15) is 13.2 Å². The monoisotopic (exact) mass is 370 g/mol. The van der Waals surface area contributed by atoms with Crippen molar-refractivity contribution >= 4 is 16.9 Å². The number of anilines is 1. The molecule has 0 bridgehead atoms. The van der Waals surface area contributed by atoms with Crippen molar-refractivity contribution in [3.8, 4) is 5.69 Å². The Labute approximate surface area is 146 Å². The van der Waals surface area contributed by atoms with Gasteiger partial charge in [-0.15, -0.1) is 5.10 Å². The van der Waals surface area contributed by atoms with Gasteiger partial charge in [0.25, 0.3) is 0 Å². The zero-order chi connectivity index (χ0) is 19.6. The number of aromatic nitrogens is 4. The van der Waals surface area contributed by atoms with E-state index in [1.807, 2.05) is 26.0 Å². The average Bonchev–Trinajstić information content (AvgIpc) is 2.92. The van der Waals surface area contributed by atoms with Gasteiger partial charge < -0.3 is 11.5 Å². The topological polar surface area (TPSA) is 95.6 Å². The number of nitrogens with zero attached hydrogens (tertiary/aromatic N) is 4. The maximum atomic E-state index is 13.2. The third-order valence-electron chi connectivity index (χ3n) is 3.60. The highest BCUT2D eigenvalue weighted by atomic mass is 19.4. The molecule has 10 heteroatoms. The maximum Gasteiger partial charge on any atom is 0.451 e. The van der Waals surface area contributed by atoms with E-state index in [2.05, 4.69) is 20.8 Å². The van der Waals surface area contributed by atoms with Crippen molar-refractivity contribution < 1.29 is 17.6 Å². The van der Waals surface area contributed by atoms with Crippen LogP contribution in [0.4, 0.5) is 23.4 Å². The highest BCUT2D eigenvalue weighted by Gasteiger charge is 2.36. The Bertz CT molecular complexity index is 933. The summed E-state index contributed by atoms with van der Waals surface area (Å²) in [5.74, 6) is -1.44. The molecule has 0 spiro atoms. The molecule has 2 heterocycles. The third-order valence-corrected chi connectivity index (χ3v) is 3.60. The second kappa shape index (κ2) is 7.24. The molecule has 0 atom stereocenters. The van der Waals surface area contributed by atoms with E-state index in [-0.39, 0.29) is 16.9 Å². The van der Waals surface area contributed by atoms with E-state index < -0.39 is 24.4 Å². The van der Waals surface area contributed by atoms with Crippen molar-refractivity contribution in [1.29, 1.82) is 0 Å². The maximum absolute atomic E-state index is 13.2. The van der Waals surface area contributed by atoms with Crippen molar-refractivity contribution in [2.24, 2.45) is 5.73 Å². The summed E-state index contributed by atoms with van der Waals surface area (Å²) < 4.78 is 53.0. The average molecular weight is 370 g/mol. The second-order valence-corrected chi connectivity index (χ2v) is 5.41. The molecule has 3 aromatic rings. The van der Waals surface area contributed by atoms with Crippen molar-refractivity contribution in [2.75, 3.05) is 12.8 Å². The number of benzene rings is 1. The molecule has 0 aliphatic heterocycles. The number of fused-ring (bicyclic) bond motifs is 1. The van der Waals surface area contributed by atoms with Crippen LogP contribution in [-0.2, 0) is 12.9 Å². The van der Waals surface area contributed by atoms with Crippen molar-refractivity contribution in [1.82, 2.24) is 19.7 Å². The largest absolute Gasteiger partial charge is 0.451 e. The van der Waals surface area contributed by atoms with Gasteiger partial charge >= 0.3 is 6.18 Å². The van der Waals surface area contributed by atoms with Gasteiger partial charge in [-0.25, -0.2) is 19.0 Å². The molecular weight excluding hydrogens is 352 g/mol. The quantitative estimate of drug-likeness (QED) is 0.676. The molecule has 0 saturated heterocycles. The molecule has 4 N–H and O–H groups in total. The van der Waals surface area contributed by atoms with Gasteiger partial charge in [-0.05, 0) is 32.5 Å². The van der Waals surface area contributed by atoms with Gasteiger partial charge in [0, 0.05) is 0 Å². The molecule has 6 nitrogen and oxygen atoms in total. The number of aryl methyl sites for hydroxylation is 2. The fraction of sp³-hybridized carbons (Fsp3) is 0.312. The minimum atomic E-state index is -4.80. The Hall–Kier alpha value is -2.75. The smallest absolute Gasteiger partial charge is 0.383 e. The van der Waals surface area contributed by atoms with Crippen LogP contribution in [0, 0.1) is 13.8 Å². The molecule has 2 aromatic heterocycles. The highest BCUT2D eigenvalue weighted by molar-refractivity contribution is 5.89.